The molecule has 0 saturated carbocycles. The van der Waals surface area contributed by atoms with E-state index in [1.54, 1.807) is 12.1 Å². The van der Waals surface area contributed by atoms with E-state index in [-0.39, 0.29) is 11.3 Å². The van der Waals surface area contributed by atoms with Crippen LogP contribution in [0.3, 0.4) is 0 Å². The lowest BCUT2D eigenvalue weighted by molar-refractivity contribution is 0.0494. The number of ether oxygens (including phenoxy) is 1. The average Bonchev–Trinajstić information content (AvgIpc) is 2.53. The van der Waals surface area contributed by atoms with Crippen LogP contribution in [0.5, 0.6) is 5.75 Å². The van der Waals surface area contributed by atoms with Gasteiger partial charge in [-0.2, -0.15) is 0 Å². The Bertz CT molecular complexity index is 680. The third-order valence-electron chi connectivity index (χ3n) is 3.84. The fourth-order valence-electron chi connectivity index (χ4n) is 2.55. The highest BCUT2D eigenvalue weighted by Crippen LogP contribution is 2.34. The standard InChI is InChI=1S/C19H23BrO3/c1-13(2)8-4-3-7-11-23-19(22)16-12-17(20)14-9-5-6-10-15(14)18(16)21/h5-6,9-10,12-13,21H,3-4,7-8,11H2,1-2H3. The first-order valence-electron chi connectivity index (χ1n) is 8.08. The highest BCUT2D eigenvalue weighted by atomic mass is 79.9. The second kappa shape index (κ2) is 8.34. The van der Waals surface area contributed by atoms with Crippen molar-refractivity contribution in [2.45, 2.75) is 39.5 Å². The number of fused-ring (bicyclic) bond motifs is 1. The number of carbonyl (C=O) groups excluding carboxylic acids is 1. The van der Waals surface area contributed by atoms with Gasteiger partial charge in [-0.05, 0) is 23.8 Å². The van der Waals surface area contributed by atoms with Crippen molar-refractivity contribution in [1.82, 2.24) is 0 Å². The van der Waals surface area contributed by atoms with Crippen LogP contribution in [0.15, 0.2) is 34.8 Å². The summed E-state index contributed by atoms with van der Waals surface area (Å²) >= 11 is 3.45. The number of halogens is 1. The molecule has 0 amide bonds. The van der Waals surface area contributed by atoms with Crippen LogP contribution >= 0.6 is 15.9 Å². The molecular formula is C19H23BrO3. The number of unbranched alkanes of at least 4 members (excludes halogenated alkanes) is 2. The molecule has 0 radical (unpaired) electrons. The smallest absolute Gasteiger partial charge is 0.341 e. The predicted octanol–water partition coefficient (Wildman–Crippen LogP) is 5.68. The van der Waals surface area contributed by atoms with Gasteiger partial charge in [-0.3, -0.25) is 0 Å². The molecule has 0 fully saturated rings. The Balaban J connectivity index is 1.97. The molecule has 0 aliphatic rings. The van der Waals surface area contributed by atoms with Crippen LogP contribution in [-0.2, 0) is 4.74 Å². The van der Waals surface area contributed by atoms with Crippen LogP contribution in [0.1, 0.15) is 49.9 Å². The summed E-state index contributed by atoms with van der Waals surface area (Å²) in [4.78, 5) is 12.2. The van der Waals surface area contributed by atoms with Gasteiger partial charge in [0, 0.05) is 9.86 Å². The first-order valence-corrected chi connectivity index (χ1v) is 8.87. The molecule has 0 aromatic heterocycles. The van der Waals surface area contributed by atoms with Crippen molar-refractivity contribution in [3.63, 3.8) is 0 Å². The molecule has 2 aromatic carbocycles. The fraction of sp³-hybridized carbons (Fsp3) is 0.421. The van der Waals surface area contributed by atoms with Gasteiger partial charge >= 0.3 is 5.97 Å². The summed E-state index contributed by atoms with van der Waals surface area (Å²) in [6.45, 7) is 4.81. The van der Waals surface area contributed by atoms with E-state index in [1.807, 2.05) is 18.2 Å². The molecular weight excluding hydrogens is 356 g/mol. The maximum absolute atomic E-state index is 12.2. The summed E-state index contributed by atoms with van der Waals surface area (Å²) < 4.78 is 6.07. The lowest BCUT2D eigenvalue weighted by Crippen LogP contribution is -2.07. The van der Waals surface area contributed by atoms with E-state index in [0.29, 0.717) is 17.9 Å². The maximum atomic E-state index is 12.2. The van der Waals surface area contributed by atoms with Gasteiger partial charge in [-0.1, -0.05) is 73.3 Å². The number of benzene rings is 2. The van der Waals surface area contributed by atoms with E-state index in [2.05, 4.69) is 29.8 Å². The van der Waals surface area contributed by atoms with E-state index in [0.717, 1.165) is 29.1 Å². The predicted molar refractivity (Wildman–Crippen MR) is 96.9 cm³/mol. The largest absolute Gasteiger partial charge is 0.506 e. The topological polar surface area (TPSA) is 46.5 Å². The molecule has 0 spiro atoms. The van der Waals surface area contributed by atoms with Gasteiger partial charge in [-0.25, -0.2) is 4.79 Å². The van der Waals surface area contributed by atoms with Crippen LogP contribution in [-0.4, -0.2) is 17.7 Å². The Morgan fingerprint density at radius 1 is 1.17 bits per heavy atom. The minimum atomic E-state index is -0.474. The molecule has 0 bridgehead atoms. The zero-order chi connectivity index (χ0) is 16.8. The Hall–Kier alpha value is -1.55. The monoisotopic (exact) mass is 378 g/mol. The molecule has 1 N–H and O–H groups in total. The quantitative estimate of drug-likeness (QED) is 0.497. The number of rotatable bonds is 7. The van der Waals surface area contributed by atoms with E-state index in [1.165, 1.54) is 6.42 Å². The molecule has 0 aliphatic carbocycles. The summed E-state index contributed by atoms with van der Waals surface area (Å²) in [5.74, 6) is 0.218. The van der Waals surface area contributed by atoms with E-state index >= 15 is 0 Å². The number of phenols is 1. The van der Waals surface area contributed by atoms with Gasteiger partial charge in [0.2, 0.25) is 0 Å². The van der Waals surface area contributed by atoms with E-state index in [9.17, 15) is 9.90 Å². The first kappa shape index (κ1) is 17.8. The second-order valence-corrected chi connectivity index (χ2v) is 7.03. The second-order valence-electron chi connectivity index (χ2n) is 6.18. The highest BCUT2D eigenvalue weighted by molar-refractivity contribution is 9.10. The number of carbonyl (C=O) groups is 1. The molecule has 23 heavy (non-hydrogen) atoms. The van der Waals surface area contributed by atoms with Gasteiger partial charge in [0.25, 0.3) is 0 Å². The van der Waals surface area contributed by atoms with Crippen molar-refractivity contribution >= 4 is 32.7 Å². The molecule has 2 aromatic rings. The third-order valence-corrected chi connectivity index (χ3v) is 4.50. The number of aromatic hydroxyl groups is 1. The number of phenolic OH excluding ortho intramolecular Hbond substituents is 1. The van der Waals surface area contributed by atoms with Crippen LogP contribution < -0.4 is 0 Å². The normalized spacial score (nSPS) is 11.1. The van der Waals surface area contributed by atoms with Crippen molar-refractivity contribution in [2.24, 2.45) is 5.92 Å². The molecule has 3 nitrogen and oxygen atoms in total. The first-order chi connectivity index (χ1) is 11.0. The highest BCUT2D eigenvalue weighted by Gasteiger charge is 2.17. The summed E-state index contributed by atoms with van der Waals surface area (Å²) in [5.41, 5.74) is 0.206. The molecule has 2 rings (SSSR count). The van der Waals surface area contributed by atoms with Crippen LogP contribution in [0.4, 0.5) is 0 Å². The molecule has 0 saturated heterocycles. The Morgan fingerprint density at radius 2 is 1.87 bits per heavy atom. The Morgan fingerprint density at radius 3 is 2.57 bits per heavy atom. The number of hydrogen-bond acceptors (Lipinski definition) is 3. The summed E-state index contributed by atoms with van der Waals surface area (Å²) in [6.07, 6.45) is 4.27. The molecule has 0 unspecified atom stereocenters. The summed E-state index contributed by atoms with van der Waals surface area (Å²) in [7, 11) is 0. The molecule has 124 valence electrons. The summed E-state index contributed by atoms with van der Waals surface area (Å²) in [5, 5.41) is 11.8. The lowest BCUT2D eigenvalue weighted by atomic mass is 10.1. The third kappa shape index (κ3) is 4.71. The van der Waals surface area contributed by atoms with Gasteiger partial charge in [-0.15, -0.1) is 0 Å². The maximum Gasteiger partial charge on any atom is 0.341 e. The zero-order valence-corrected chi connectivity index (χ0v) is 15.2. The van der Waals surface area contributed by atoms with Crippen molar-refractivity contribution in [3.05, 3.63) is 40.4 Å². The fourth-order valence-corrected chi connectivity index (χ4v) is 3.12. The van der Waals surface area contributed by atoms with Crippen LogP contribution in [0, 0.1) is 5.92 Å². The summed E-state index contributed by atoms with van der Waals surface area (Å²) in [6, 6.07) is 9.03. The Kier molecular flexibility index (Phi) is 6.46. The van der Waals surface area contributed by atoms with Gasteiger partial charge in [0.15, 0.2) is 0 Å². The van der Waals surface area contributed by atoms with Gasteiger partial charge < -0.3 is 9.84 Å². The minimum Gasteiger partial charge on any atom is -0.506 e. The van der Waals surface area contributed by atoms with Crippen molar-refractivity contribution in [1.29, 1.82) is 0 Å². The lowest BCUT2D eigenvalue weighted by Gasteiger charge is -2.10. The molecule has 0 heterocycles. The number of esters is 1. The van der Waals surface area contributed by atoms with Crippen molar-refractivity contribution < 1.29 is 14.6 Å². The Labute approximate surface area is 145 Å². The molecule has 0 atom stereocenters. The minimum absolute atomic E-state index is 0.0198. The van der Waals surface area contributed by atoms with Gasteiger partial charge in [0.1, 0.15) is 11.3 Å². The molecule has 0 aliphatic heterocycles. The van der Waals surface area contributed by atoms with Crippen LogP contribution in [0.25, 0.3) is 10.8 Å². The van der Waals surface area contributed by atoms with E-state index in [4.69, 9.17) is 4.74 Å². The van der Waals surface area contributed by atoms with Gasteiger partial charge in [0.05, 0.1) is 6.61 Å². The van der Waals surface area contributed by atoms with E-state index < -0.39 is 5.97 Å². The SMILES string of the molecule is CC(C)CCCCCOC(=O)c1cc(Br)c2ccccc2c1O. The molecule has 4 heteroatoms. The average molecular weight is 379 g/mol. The number of hydrogen-bond donors (Lipinski definition) is 1. The van der Waals surface area contributed by atoms with Crippen LogP contribution in [0.2, 0.25) is 0 Å². The van der Waals surface area contributed by atoms with Crippen molar-refractivity contribution in [2.75, 3.05) is 6.61 Å². The van der Waals surface area contributed by atoms with Crippen molar-refractivity contribution in [3.8, 4) is 5.75 Å². The zero-order valence-electron chi connectivity index (χ0n) is 13.6.